The van der Waals surface area contributed by atoms with E-state index in [2.05, 4.69) is 16.1 Å². The van der Waals surface area contributed by atoms with Crippen LogP contribution in [0.4, 0.5) is 0 Å². The molecule has 1 aromatic carbocycles. The molecule has 0 amide bonds. The second-order valence-electron chi connectivity index (χ2n) is 5.12. The van der Waals surface area contributed by atoms with Gasteiger partial charge >= 0.3 is 0 Å². The average molecular weight is 334 g/mol. The van der Waals surface area contributed by atoms with Crippen LogP contribution in [0.3, 0.4) is 0 Å². The number of hydrogen-bond acceptors (Lipinski definition) is 3. The Labute approximate surface area is 116 Å². The molecule has 0 atom stereocenters. The van der Waals surface area contributed by atoms with Gasteiger partial charge in [-0.1, -0.05) is 12.1 Å². The molecule has 0 spiro atoms. The second kappa shape index (κ2) is 4.59. The number of nitrogens with zero attached hydrogens (tertiary/aromatic N) is 1. The zero-order valence-electron chi connectivity index (χ0n) is 10.3. The maximum Gasteiger partial charge on any atom is 0.252 e. The Morgan fingerprint density at radius 1 is 1.44 bits per heavy atom. The van der Waals surface area contributed by atoms with Gasteiger partial charge in [0.15, 0.2) is 0 Å². The Hall–Kier alpha value is -0.430. The first kappa shape index (κ1) is 14.0. The zero-order valence-corrected chi connectivity index (χ0v) is 12.7. The van der Waals surface area contributed by atoms with Crippen molar-refractivity contribution in [1.29, 1.82) is 0 Å². The lowest BCUT2D eigenvalue weighted by Gasteiger charge is -2.43. The predicted molar refractivity (Wildman–Crippen MR) is 72.8 cm³/mol. The average Bonchev–Trinajstić information content (AvgIpc) is 2.24. The van der Waals surface area contributed by atoms with Gasteiger partial charge in [-0.2, -0.15) is 0 Å². The first-order chi connectivity index (χ1) is 8.22. The van der Waals surface area contributed by atoms with Gasteiger partial charge < -0.3 is 5.11 Å². The van der Waals surface area contributed by atoms with Crippen LogP contribution >= 0.6 is 16.1 Å². The molecule has 4 nitrogen and oxygen atoms in total. The van der Waals surface area contributed by atoms with E-state index in [-0.39, 0.29) is 10.9 Å². The fraction of sp³-hybridized carbons (Fsp3) is 0.500. The van der Waals surface area contributed by atoms with Crippen LogP contribution < -0.4 is 0 Å². The van der Waals surface area contributed by atoms with Crippen molar-refractivity contribution in [3.63, 3.8) is 0 Å². The molecule has 1 fully saturated rings. The van der Waals surface area contributed by atoms with Gasteiger partial charge in [0, 0.05) is 22.2 Å². The van der Waals surface area contributed by atoms with Crippen molar-refractivity contribution in [2.45, 2.75) is 43.2 Å². The summed E-state index contributed by atoms with van der Waals surface area (Å²) in [5.41, 5.74) is 0.149. The Kier molecular flexibility index (Phi) is 3.57. The first-order valence-corrected chi connectivity index (χ1v) is 7.87. The molecular weight excluding hydrogens is 318 g/mol. The summed E-state index contributed by atoms with van der Waals surface area (Å²) in [6.07, 6.45) is 0.895. The molecule has 0 unspecified atom stereocenters. The van der Waals surface area contributed by atoms with Crippen molar-refractivity contribution in [2.75, 3.05) is 0 Å². The summed E-state index contributed by atoms with van der Waals surface area (Å²) in [5, 5.41) is 9.67. The quantitative estimate of drug-likeness (QED) is 0.863. The molecule has 0 radical (unpaired) electrons. The summed E-state index contributed by atoms with van der Waals surface area (Å²) < 4.78 is 25.8. The molecular formula is C12H16BrNO3S. The lowest BCUT2D eigenvalue weighted by molar-refractivity contribution is -0.0443. The summed E-state index contributed by atoms with van der Waals surface area (Å²) in [4.78, 5) is 0.269. The molecule has 0 aliphatic heterocycles. The fourth-order valence-electron chi connectivity index (χ4n) is 2.17. The highest BCUT2D eigenvalue weighted by atomic mass is 79.9. The lowest BCUT2D eigenvalue weighted by atomic mass is 9.78. The van der Waals surface area contributed by atoms with E-state index in [0.717, 1.165) is 5.56 Å². The van der Waals surface area contributed by atoms with Crippen LogP contribution in [0.1, 0.15) is 25.3 Å². The van der Waals surface area contributed by atoms with E-state index in [4.69, 9.17) is 0 Å². The number of rotatable bonds is 3. The van der Waals surface area contributed by atoms with E-state index >= 15 is 0 Å². The molecule has 1 N–H and O–H groups in total. The molecule has 1 aliphatic carbocycles. The summed E-state index contributed by atoms with van der Waals surface area (Å²) in [5.74, 6) is 0. The topological polar surface area (TPSA) is 57.6 Å². The number of benzene rings is 1. The van der Waals surface area contributed by atoms with Gasteiger partial charge in [-0.3, -0.25) is 0 Å². The maximum atomic E-state index is 12.3. The minimum absolute atomic E-state index is 0.189. The lowest BCUT2D eigenvalue weighted by Crippen LogP contribution is -2.51. The van der Waals surface area contributed by atoms with Crippen LogP contribution in [-0.2, 0) is 10.0 Å². The third kappa shape index (κ3) is 2.61. The van der Waals surface area contributed by atoms with Gasteiger partial charge in [0.05, 0.1) is 10.5 Å². The summed E-state index contributed by atoms with van der Waals surface area (Å²) >= 11 is 3.12. The van der Waals surface area contributed by atoms with E-state index in [1.807, 2.05) is 13.0 Å². The van der Waals surface area contributed by atoms with E-state index in [1.54, 1.807) is 25.1 Å². The summed E-state index contributed by atoms with van der Waals surface area (Å²) in [7, 11) is -3.53. The molecule has 0 heterocycles. The Balaban J connectivity index is 2.22. The molecule has 6 heteroatoms. The monoisotopic (exact) mass is 333 g/mol. The van der Waals surface area contributed by atoms with E-state index in [0.29, 0.717) is 12.8 Å². The number of aryl methyl sites for hydroxylation is 1. The molecule has 0 aromatic heterocycles. The molecule has 2 rings (SSSR count). The van der Waals surface area contributed by atoms with E-state index < -0.39 is 15.6 Å². The molecule has 0 saturated heterocycles. The van der Waals surface area contributed by atoms with Gasteiger partial charge in [0.25, 0.3) is 10.0 Å². The number of aliphatic hydroxyl groups is 1. The first-order valence-electron chi connectivity index (χ1n) is 5.72. The summed E-state index contributed by atoms with van der Waals surface area (Å²) in [6.45, 7) is 3.56. The highest BCUT2D eigenvalue weighted by Crippen LogP contribution is 2.39. The van der Waals surface area contributed by atoms with Crippen LogP contribution in [-0.4, -0.2) is 28.5 Å². The Bertz CT molecular complexity index is 548. The van der Waals surface area contributed by atoms with Crippen molar-refractivity contribution >= 4 is 26.2 Å². The molecule has 1 saturated carbocycles. The van der Waals surface area contributed by atoms with Crippen LogP contribution in [0.15, 0.2) is 29.2 Å². The van der Waals surface area contributed by atoms with E-state index in [9.17, 15) is 13.5 Å². The van der Waals surface area contributed by atoms with Gasteiger partial charge in [0.2, 0.25) is 0 Å². The van der Waals surface area contributed by atoms with Gasteiger partial charge in [0.1, 0.15) is 0 Å². The molecule has 1 aromatic rings. The van der Waals surface area contributed by atoms with Gasteiger partial charge in [-0.25, -0.2) is 8.42 Å². The van der Waals surface area contributed by atoms with Crippen molar-refractivity contribution in [3.8, 4) is 0 Å². The normalized spacial score (nSPS) is 28.2. The minimum atomic E-state index is -3.53. The number of sulfonamides is 1. The molecule has 18 heavy (non-hydrogen) atoms. The minimum Gasteiger partial charge on any atom is -0.390 e. The predicted octanol–water partition coefficient (Wildman–Crippen LogP) is 2.21. The third-order valence-electron chi connectivity index (χ3n) is 3.15. The van der Waals surface area contributed by atoms with Gasteiger partial charge in [-0.05, 0) is 44.4 Å². The van der Waals surface area contributed by atoms with Crippen LogP contribution in [0.5, 0.6) is 0 Å². The standard InChI is InChI=1S/C12H16BrNO3S/c1-9-4-3-5-11(6-9)18(16,17)14(13)10-7-12(2,15)8-10/h3-6,10,15H,7-8H2,1-2H3. The third-order valence-corrected chi connectivity index (χ3v) is 6.48. The fourth-order valence-corrected chi connectivity index (χ4v) is 4.29. The van der Waals surface area contributed by atoms with E-state index in [1.165, 1.54) is 3.33 Å². The number of hydrogen-bond donors (Lipinski definition) is 1. The van der Waals surface area contributed by atoms with Crippen LogP contribution in [0.25, 0.3) is 0 Å². The second-order valence-corrected chi connectivity index (χ2v) is 8.17. The maximum absolute atomic E-state index is 12.3. The van der Waals surface area contributed by atoms with Crippen molar-refractivity contribution in [1.82, 2.24) is 3.33 Å². The highest BCUT2D eigenvalue weighted by Gasteiger charge is 2.45. The summed E-state index contributed by atoms with van der Waals surface area (Å²) in [6, 6.07) is 6.60. The molecule has 100 valence electrons. The largest absolute Gasteiger partial charge is 0.390 e. The molecule has 1 aliphatic rings. The SMILES string of the molecule is Cc1cccc(S(=O)(=O)N(Br)C2CC(C)(O)C2)c1. The van der Waals surface area contributed by atoms with Gasteiger partial charge in [-0.15, -0.1) is 3.33 Å². The zero-order chi connectivity index (χ0) is 13.6. The Morgan fingerprint density at radius 3 is 2.56 bits per heavy atom. The van der Waals surface area contributed by atoms with Crippen molar-refractivity contribution < 1.29 is 13.5 Å². The van der Waals surface area contributed by atoms with Crippen LogP contribution in [0, 0.1) is 6.92 Å². The molecule has 0 bridgehead atoms. The smallest absolute Gasteiger partial charge is 0.252 e. The highest BCUT2D eigenvalue weighted by molar-refractivity contribution is 9.08. The van der Waals surface area contributed by atoms with Crippen LogP contribution in [0.2, 0.25) is 0 Å². The Morgan fingerprint density at radius 2 is 2.06 bits per heavy atom. The van der Waals surface area contributed by atoms with Crippen molar-refractivity contribution in [3.05, 3.63) is 29.8 Å². The number of halogens is 1. The van der Waals surface area contributed by atoms with Crippen molar-refractivity contribution in [2.24, 2.45) is 0 Å².